The van der Waals surface area contributed by atoms with Crippen LogP contribution in [0.4, 0.5) is 0 Å². The van der Waals surface area contributed by atoms with Gasteiger partial charge in [-0.1, -0.05) is 19.4 Å². The maximum atomic E-state index is 9.68. The molecule has 0 aromatic carbocycles. The Labute approximate surface area is 62.8 Å². The molecule has 1 aliphatic rings. The zero-order valence-corrected chi connectivity index (χ0v) is 6.64. The average Bonchev–Trinajstić information content (AvgIpc) is 2.33. The third-order valence-corrected chi connectivity index (χ3v) is 2.58. The van der Waals surface area contributed by atoms with Gasteiger partial charge in [0.15, 0.2) is 0 Å². The number of hydrogen-bond donors (Lipinski definition) is 1. The summed E-state index contributed by atoms with van der Waals surface area (Å²) in [4.78, 5) is 0. The Hall–Kier alpha value is -0.300. The van der Waals surface area contributed by atoms with E-state index in [1.54, 1.807) is 6.08 Å². The predicted octanol–water partition coefficient (Wildman–Crippen LogP) is 2.11. The summed E-state index contributed by atoms with van der Waals surface area (Å²) in [5, 5.41) is 9.68. The van der Waals surface area contributed by atoms with Crippen LogP contribution in [-0.2, 0) is 0 Å². The van der Waals surface area contributed by atoms with E-state index < -0.39 is 5.60 Å². The molecule has 1 fully saturated rings. The van der Waals surface area contributed by atoms with E-state index in [0.717, 1.165) is 18.8 Å². The average molecular weight is 140 g/mol. The molecular formula is C9H16O. The zero-order valence-electron chi connectivity index (χ0n) is 6.64. The third kappa shape index (κ3) is 1.40. The van der Waals surface area contributed by atoms with Gasteiger partial charge in [-0.15, -0.1) is 6.58 Å². The molecule has 0 aromatic heterocycles. The SMILES string of the molecule is C=CC1(O)CCC(CC)C1. The second kappa shape index (κ2) is 2.75. The summed E-state index contributed by atoms with van der Waals surface area (Å²) < 4.78 is 0. The summed E-state index contributed by atoms with van der Waals surface area (Å²) in [7, 11) is 0. The van der Waals surface area contributed by atoms with Gasteiger partial charge >= 0.3 is 0 Å². The van der Waals surface area contributed by atoms with Crippen LogP contribution in [-0.4, -0.2) is 10.7 Å². The van der Waals surface area contributed by atoms with E-state index in [1.165, 1.54) is 12.8 Å². The fraction of sp³-hybridized carbons (Fsp3) is 0.778. The standard InChI is InChI=1S/C9H16O/c1-3-8-5-6-9(10,4-2)7-8/h4,8,10H,2-3,5-7H2,1H3. The fourth-order valence-electron chi connectivity index (χ4n) is 1.69. The van der Waals surface area contributed by atoms with E-state index in [1.807, 2.05) is 0 Å². The summed E-state index contributed by atoms with van der Waals surface area (Å²) >= 11 is 0. The first kappa shape index (κ1) is 7.80. The van der Waals surface area contributed by atoms with Crippen LogP contribution in [0, 0.1) is 5.92 Å². The van der Waals surface area contributed by atoms with Crippen molar-refractivity contribution in [2.24, 2.45) is 5.92 Å². The molecular weight excluding hydrogens is 124 g/mol. The Bertz CT molecular complexity index is 131. The highest BCUT2D eigenvalue weighted by Crippen LogP contribution is 2.36. The molecule has 0 aliphatic heterocycles. The quantitative estimate of drug-likeness (QED) is 0.582. The first-order chi connectivity index (χ1) is 4.70. The third-order valence-electron chi connectivity index (χ3n) is 2.58. The fourth-order valence-corrected chi connectivity index (χ4v) is 1.69. The summed E-state index contributed by atoms with van der Waals surface area (Å²) in [6.07, 6.45) is 5.89. The van der Waals surface area contributed by atoms with Crippen LogP contribution in [0.5, 0.6) is 0 Å². The van der Waals surface area contributed by atoms with Gasteiger partial charge in [-0.25, -0.2) is 0 Å². The van der Waals surface area contributed by atoms with Crippen LogP contribution >= 0.6 is 0 Å². The number of hydrogen-bond acceptors (Lipinski definition) is 1. The van der Waals surface area contributed by atoms with Gasteiger partial charge in [-0.05, 0) is 25.2 Å². The van der Waals surface area contributed by atoms with Crippen molar-refractivity contribution in [1.29, 1.82) is 0 Å². The molecule has 10 heavy (non-hydrogen) atoms. The maximum Gasteiger partial charge on any atom is 0.0827 e. The maximum absolute atomic E-state index is 9.68. The highest BCUT2D eigenvalue weighted by atomic mass is 16.3. The summed E-state index contributed by atoms with van der Waals surface area (Å²) in [6, 6.07) is 0. The van der Waals surface area contributed by atoms with Crippen molar-refractivity contribution in [1.82, 2.24) is 0 Å². The molecule has 58 valence electrons. The van der Waals surface area contributed by atoms with Crippen LogP contribution in [0.25, 0.3) is 0 Å². The highest BCUT2D eigenvalue weighted by molar-refractivity contribution is 5.01. The molecule has 1 N–H and O–H groups in total. The van der Waals surface area contributed by atoms with Gasteiger partial charge in [-0.3, -0.25) is 0 Å². The van der Waals surface area contributed by atoms with E-state index in [9.17, 15) is 5.11 Å². The molecule has 1 rings (SSSR count). The Morgan fingerprint density at radius 2 is 2.50 bits per heavy atom. The minimum atomic E-state index is -0.527. The van der Waals surface area contributed by atoms with Gasteiger partial charge in [0.05, 0.1) is 5.60 Å². The Kier molecular flexibility index (Phi) is 2.14. The molecule has 2 atom stereocenters. The van der Waals surface area contributed by atoms with Crippen LogP contribution < -0.4 is 0 Å². The molecule has 2 unspecified atom stereocenters. The van der Waals surface area contributed by atoms with Gasteiger partial charge in [0.2, 0.25) is 0 Å². The Morgan fingerprint density at radius 3 is 2.80 bits per heavy atom. The minimum Gasteiger partial charge on any atom is -0.386 e. The second-order valence-electron chi connectivity index (χ2n) is 3.32. The molecule has 0 aromatic rings. The van der Waals surface area contributed by atoms with Crippen molar-refractivity contribution in [3.63, 3.8) is 0 Å². The van der Waals surface area contributed by atoms with Crippen LogP contribution in [0.1, 0.15) is 32.6 Å². The first-order valence-electron chi connectivity index (χ1n) is 4.06. The monoisotopic (exact) mass is 140 g/mol. The van der Waals surface area contributed by atoms with Gasteiger partial charge in [-0.2, -0.15) is 0 Å². The van der Waals surface area contributed by atoms with Crippen molar-refractivity contribution in [3.05, 3.63) is 12.7 Å². The largest absolute Gasteiger partial charge is 0.386 e. The van der Waals surface area contributed by atoms with Crippen molar-refractivity contribution < 1.29 is 5.11 Å². The van der Waals surface area contributed by atoms with E-state index in [0.29, 0.717) is 0 Å². The molecule has 0 radical (unpaired) electrons. The normalized spacial score (nSPS) is 40.0. The number of aliphatic hydroxyl groups is 1. The van der Waals surface area contributed by atoms with Crippen LogP contribution in [0.3, 0.4) is 0 Å². The molecule has 0 saturated heterocycles. The van der Waals surface area contributed by atoms with Gasteiger partial charge in [0.1, 0.15) is 0 Å². The molecule has 0 spiro atoms. The number of rotatable bonds is 2. The molecule has 1 aliphatic carbocycles. The van der Waals surface area contributed by atoms with Crippen LogP contribution in [0.15, 0.2) is 12.7 Å². The molecule has 1 nitrogen and oxygen atoms in total. The Morgan fingerprint density at radius 1 is 1.80 bits per heavy atom. The highest BCUT2D eigenvalue weighted by Gasteiger charge is 2.33. The van der Waals surface area contributed by atoms with Crippen LogP contribution in [0.2, 0.25) is 0 Å². The van der Waals surface area contributed by atoms with Crippen molar-refractivity contribution in [2.45, 2.75) is 38.2 Å². The predicted molar refractivity (Wildman–Crippen MR) is 42.8 cm³/mol. The lowest BCUT2D eigenvalue weighted by Crippen LogP contribution is -2.20. The zero-order chi connectivity index (χ0) is 7.61. The molecule has 1 heteroatoms. The molecule has 0 amide bonds. The van der Waals surface area contributed by atoms with E-state index in [2.05, 4.69) is 13.5 Å². The summed E-state index contributed by atoms with van der Waals surface area (Å²) in [6.45, 7) is 5.81. The topological polar surface area (TPSA) is 20.2 Å². The van der Waals surface area contributed by atoms with E-state index >= 15 is 0 Å². The molecule has 0 heterocycles. The lowest BCUT2D eigenvalue weighted by atomic mass is 9.99. The van der Waals surface area contributed by atoms with E-state index in [4.69, 9.17) is 0 Å². The van der Waals surface area contributed by atoms with Crippen molar-refractivity contribution in [2.75, 3.05) is 0 Å². The van der Waals surface area contributed by atoms with Crippen molar-refractivity contribution >= 4 is 0 Å². The first-order valence-corrected chi connectivity index (χ1v) is 4.06. The second-order valence-corrected chi connectivity index (χ2v) is 3.32. The summed E-state index contributed by atoms with van der Waals surface area (Å²) in [5.74, 6) is 0.725. The van der Waals surface area contributed by atoms with Gasteiger partial charge in [0, 0.05) is 0 Å². The Balaban J connectivity index is 2.48. The van der Waals surface area contributed by atoms with Crippen molar-refractivity contribution in [3.8, 4) is 0 Å². The minimum absolute atomic E-state index is 0.527. The lowest BCUT2D eigenvalue weighted by molar-refractivity contribution is 0.0946. The van der Waals surface area contributed by atoms with E-state index in [-0.39, 0.29) is 0 Å². The molecule has 1 saturated carbocycles. The van der Waals surface area contributed by atoms with Gasteiger partial charge < -0.3 is 5.11 Å². The summed E-state index contributed by atoms with van der Waals surface area (Å²) in [5.41, 5.74) is -0.527. The lowest BCUT2D eigenvalue weighted by Gasteiger charge is -2.16. The van der Waals surface area contributed by atoms with Gasteiger partial charge in [0.25, 0.3) is 0 Å². The molecule has 0 bridgehead atoms. The smallest absolute Gasteiger partial charge is 0.0827 e.